The molecule has 3 N–H and O–H groups in total. The van der Waals surface area contributed by atoms with Crippen LogP contribution >= 0.6 is 11.8 Å². The van der Waals surface area contributed by atoms with Crippen molar-refractivity contribution in [3.05, 3.63) is 17.4 Å². The van der Waals surface area contributed by atoms with E-state index >= 15 is 0 Å². The van der Waals surface area contributed by atoms with Gasteiger partial charge < -0.3 is 15.5 Å². The fraction of sp³-hybridized carbons (Fsp3) is 0.429. The van der Waals surface area contributed by atoms with E-state index in [1.165, 1.54) is 25.0 Å². The van der Waals surface area contributed by atoms with Crippen LogP contribution in [0.25, 0.3) is 11.2 Å². The van der Waals surface area contributed by atoms with Gasteiger partial charge in [-0.1, -0.05) is 0 Å². The standard InChI is InChI=1S/C14H19N7O2S.3H2/c1-9(22)15-3-4-16-14(23)10-7-21(5-6-24-10)13-11-12(17-8-18-13)20(2)19-11;;;/h7-8,19H,3-6H2,1-2H3,(H,15,22)(H,16,23);3*1H. The maximum atomic E-state index is 12.2. The Morgan fingerprint density at radius 3 is 2.92 bits per heavy atom. The van der Waals surface area contributed by atoms with E-state index in [1.807, 2.05) is 22.8 Å². The lowest BCUT2D eigenvalue weighted by Gasteiger charge is -2.26. The average molecular weight is 355 g/mol. The number of rotatable bonds is 5. The van der Waals surface area contributed by atoms with Gasteiger partial charge in [-0.05, 0) is 0 Å². The van der Waals surface area contributed by atoms with Gasteiger partial charge in [0.25, 0.3) is 5.91 Å². The van der Waals surface area contributed by atoms with Gasteiger partial charge in [0.1, 0.15) is 11.8 Å². The normalized spacial score (nSPS) is 14.6. The minimum absolute atomic E-state index is 0. The first kappa shape index (κ1) is 16.4. The highest BCUT2D eigenvalue weighted by Gasteiger charge is 2.21. The third-order valence-electron chi connectivity index (χ3n) is 3.55. The molecule has 0 radical (unpaired) electrons. The molecule has 0 atom stereocenters. The first-order valence-electron chi connectivity index (χ1n) is 7.55. The minimum Gasteiger partial charge on any atom is -0.355 e. The zero-order valence-corrected chi connectivity index (χ0v) is 14.3. The van der Waals surface area contributed by atoms with E-state index in [0.29, 0.717) is 18.0 Å². The van der Waals surface area contributed by atoms with Crippen molar-refractivity contribution in [3.8, 4) is 0 Å². The summed E-state index contributed by atoms with van der Waals surface area (Å²) in [5.41, 5.74) is 1.71. The highest BCUT2D eigenvalue weighted by molar-refractivity contribution is 8.04. The van der Waals surface area contributed by atoms with Crippen LogP contribution in [0.15, 0.2) is 17.4 Å². The van der Waals surface area contributed by atoms with Crippen molar-refractivity contribution in [1.29, 1.82) is 0 Å². The van der Waals surface area contributed by atoms with Gasteiger partial charge in [0.2, 0.25) is 5.91 Å². The minimum atomic E-state index is -0.145. The lowest BCUT2D eigenvalue weighted by atomic mass is 10.4. The Morgan fingerprint density at radius 1 is 1.38 bits per heavy atom. The molecule has 0 saturated carbocycles. The Morgan fingerprint density at radius 2 is 2.17 bits per heavy atom. The topological polar surface area (TPSA) is 108 Å². The van der Waals surface area contributed by atoms with Gasteiger partial charge in [-0.3, -0.25) is 19.4 Å². The van der Waals surface area contributed by atoms with Gasteiger partial charge in [0.15, 0.2) is 11.5 Å². The van der Waals surface area contributed by atoms with Gasteiger partial charge in [-0.25, -0.2) is 9.97 Å². The number of hydrogen-bond acceptors (Lipinski definition) is 6. The summed E-state index contributed by atoms with van der Waals surface area (Å²) in [6.07, 6.45) is 3.33. The number of carbonyl (C=O) groups is 2. The first-order valence-corrected chi connectivity index (χ1v) is 8.54. The lowest BCUT2D eigenvalue weighted by molar-refractivity contribution is -0.120. The van der Waals surface area contributed by atoms with Crippen LogP contribution in [0.1, 0.15) is 11.2 Å². The van der Waals surface area contributed by atoms with Crippen molar-refractivity contribution in [2.45, 2.75) is 6.92 Å². The molecule has 3 heterocycles. The Bertz CT molecular complexity index is 808. The second-order valence-electron chi connectivity index (χ2n) is 5.34. The zero-order valence-electron chi connectivity index (χ0n) is 13.5. The number of nitrogens with zero attached hydrogens (tertiary/aromatic N) is 4. The number of amides is 2. The third kappa shape index (κ3) is 3.37. The molecule has 3 rings (SSSR count). The molecular weight excluding hydrogens is 330 g/mol. The van der Waals surface area contributed by atoms with Crippen LogP contribution in [-0.2, 0) is 16.6 Å². The van der Waals surface area contributed by atoms with Crippen molar-refractivity contribution in [2.24, 2.45) is 7.05 Å². The van der Waals surface area contributed by atoms with E-state index in [4.69, 9.17) is 0 Å². The molecule has 2 aromatic heterocycles. The van der Waals surface area contributed by atoms with Crippen molar-refractivity contribution >= 4 is 40.6 Å². The summed E-state index contributed by atoms with van der Waals surface area (Å²) in [5.74, 6) is 1.30. The van der Waals surface area contributed by atoms with Gasteiger partial charge in [0.05, 0.1) is 4.91 Å². The summed E-state index contributed by atoms with van der Waals surface area (Å²) in [7, 11) is 1.88. The maximum absolute atomic E-state index is 12.2. The summed E-state index contributed by atoms with van der Waals surface area (Å²) in [6, 6.07) is 0. The van der Waals surface area contributed by atoms with Crippen LogP contribution in [0.3, 0.4) is 0 Å². The number of carbonyl (C=O) groups excluding carboxylic acids is 2. The number of fused-ring (bicyclic) bond motifs is 1. The molecule has 0 saturated heterocycles. The van der Waals surface area contributed by atoms with Gasteiger partial charge >= 0.3 is 0 Å². The molecule has 2 amide bonds. The van der Waals surface area contributed by atoms with Crippen molar-refractivity contribution < 1.29 is 13.9 Å². The Balaban J connectivity index is 0.00000225. The maximum Gasteiger partial charge on any atom is 0.259 e. The predicted octanol–water partition coefficient (Wildman–Crippen LogP) is 0.681. The summed E-state index contributed by atoms with van der Waals surface area (Å²) in [4.78, 5) is 34.2. The summed E-state index contributed by atoms with van der Waals surface area (Å²) < 4.78 is 1.82. The van der Waals surface area contributed by atoms with Gasteiger partial charge in [-0.15, -0.1) is 11.8 Å². The van der Waals surface area contributed by atoms with E-state index in [1.54, 1.807) is 0 Å². The first-order chi connectivity index (χ1) is 11.6. The molecule has 1 aliphatic rings. The fourth-order valence-corrected chi connectivity index (χ4v) is 3.31. The molecular formula is C14H25N7O2S. The SMILES string of the molecule is CC(=O)NCCNC(=O)C1=CN(c2ncnc3c2[nH]n3C)CCS1.[HH].[HH].[HH]. The number of aryl methyl sites for hydroxylation is 1. The van der Waals surface area contributed by atoms with E-state index in [2.05, 4.69) is 25.7 Å². The molecule has 0 aliphatic carbocycles. The Labute approximate surface area is 147 Å². The predicted molar refractivity (Wildman–Crippen MR) is 98.8 cm³/mol. The molecule has 0 fully saturated rings. The molecule has 0 spiro atoms. The molecule has 1 aliphatic heterocycles. The number of anilines is 1. The van der Waals surface area contributed by atoms with Gasteiger partial charge in [0, 0.05) is 49.8 Å². The highest BCUT2D eigenvalue weighted by Crippen LogP contribution is 2.28. The van der Waals surface area contributed by atoms with E-state index in [0.717, 1.165) is 29.3 Å². The Kier molecular flexibility index (Phi) is 4.74. The van der Waals surface area contributed by atoms with E-state index < -0.39 is 0 Å². The molecule has 10 heteroatoms. The number of hydrogen-bond donors (Lipinski definition) is 3. The van der Waals surface area contributed by atoms with Crippen molar-refractivity contribution in [2.75, 3.05) is 30.3 Å². The van der Waals surface area contributed by atoms with Crippen LogP contribution in [-0.4, -0.2) is 56.9 Å². The monoisotopic (exact) mass is 355 g/mol. The second-order valence-corrected chi connectivity index (χ2v) is 6.48. The largest absolute Gasteiger partial charge is 0.355 e. The fourth-order valence-electron chi connectivity index (χ4n) is 2.40. The smallest absolute Gasteiger partial charge is 0.259 e. The molecule has 9 nitrogen and oxygen atoms in total. The van der Waals surface area contributed by atoms with E-state index in [9.17, 15) is 9.59 Å². The number of nitrogens with one attached hydrogen (secondary N) is 3. The molecule has 0 bridgehead atoms. The highest BCUT2D eigenvalue weighted by atomic mass is 32.2. The molecule has 2 aromatic rings. The summed E-state index contributed by atoms with van der Waals surface area (Å²) in [6.45, 7) is 3.02. The number of H-pyrrole nitrogens is 1. The van der Waals surface area contributed by atoms with Crippen LogP contribution in [0.5, 0.6) is 0 Å². The lowest BCUT2D eigenvalue weighted by Crippen LogP contribution is -2.36. The summed E-state index contributed by atoms with van der Waals surface area (Å²) >= 11 is 1.51. The average Bonchev–Trinajstić information content (AvgIpc) is 2.57. The van der Waals surface area contributed by atoms with E-state index in [-0.39, 0.29) is 16.1 Å². The number of aromatic amines is 1. The van der Waals surface area contributed by atoms with Gasteiger partial charge in [-0.2, -0.15) is 0 Å². The van der Waals surface area contributed by atoms with Crippen LogP contribution in [0.4, 0.5) is 5.82 Å². The van der Waals surface area contributed by atoms with Crippen LogP contribution < -0.4 is 15.5 Å². The Hall–Kier alpha value is -2.49. The van der Waals surface area contributed by atoms with Crippen LogP contribution in [0.2, 0.25) is 0 Å². The molecule has 24 heavy (non-hydrogen) atoms. The van der Waals surface area contributed by atoms with Crippen molar-refractivity contribution in [1.82, 2.24) is 30.4 Å². The molecule has 0 unspecified atom stereocenters. The van der Waals surface area contributed by atoms with Crippen LogP contribution in [0, 0.1) is 0 Å². The zero-order chi connectivity index (χ0) is 17.1. The number of aromatic nitrogens is 4. The molecule has 134 valence electrons. The summed E-state index contributed by atoms with van der Waals surface area (Å²) in [5, 5.41) is 8.58. The quantitative estimate of drug-likeness (QED) is 0.681. The molecule has 0 aromatic carbocycles. The van der Waals surface area contributed by atoms with Crippen molar-refractivity contribution in [3.63, 3.8) is 0 Å². The third-order valence-corrected chi connectivity index (χ3v) is 4.54. The number of thioether (sulfide) groups is 1. The second kappa shape index (κ2) is 6.95.